The minimum absolute atomic E-state index is 0.524. The van der Waals surface area contributed by atoms with E-state index in [4.69, 9.17) is 0 Å². The molecule has 0 bridgehead atoms. The van der Waals surface area contributed by atoms with Crippen molar-refractivity contribution in [3.05, 3.63) is 54.7 Å². The highest BCUT2D eigenvalue weighted by Gasteiger charge is 2.04. The molecule has 2 rings (SSSR count). The molecule has 0 fully saturated rings. The predicted molar refractivity (Wildman–Crippen MR) is 116 cm³/mol. The van der Waals surface area contributed by atoms with Crippen LogP contribution < -0.4 is 0 Å². The average molecular weight is 530 g/mol. The highest BCUT2D eigenvalue weighted by atomic mass is 127. The molecule has 0 unspecified atom stereocenters. The van der Waals surface area contributed by atoms with Gasteiger partial charge in [0.1, 0.15) is 6.01 Å². The van der Waals surface area contributed by atoms with Crippen LogP contribution in [0.1, 0.15) is 50.7 Å². The largest absolute Gasteiger partial charge is 0.186 e. The van der Waals surface area contributed by atoms with Gasteiger partial charge in [-0.3, -0.25) is 0 Å². The molecule has 0 aliphatic carbocycles. The molecule has 0 saturated carbocycles. The Morgan fingerprint density at radius 1 is 0.739 bits per heavy atom. The lowest BCUT2D eigenvalue weighted by atomic mass is 10.0. The zero-order valence-corrected chi connectivity index (χ0v) is 18.1. The third-order valence-electron chi connectivity index (χ3n) is 3.62. The van der Waals surface area contributed by atoms with Crippen molar-refractivity contribution < 1.29 is 0 Å². The molecule has 0 aliphatic heterocycles. The second-order valence-corrected chi connectivity index (χ2v) is 8.38. The summed E-state index contributed by atoms with van der Waals surface area (Å²) in [6.07, 6.45) is 0. The fraction of sp³-hybridized carbons (Fsp3) is 0.316. The van der Waals surface area contributed by atoms with Crippen LogP contribution in [0, 0.1) is 7.14 Å². The molecule has 0 heterocycles. The van der Waals surface area contributed by atoms with E-state index in [-0.39, 0.29) is 0 Å². The van der Waals surface area contributed by atoms with Crippen molar-refractivity contribution in [2.24, 2.45) is 9.98 Å². The summed E-state index contributed by atoms with van der Waals surface area (Å²) in [5.74, 6) is 1.05. The maximum absolute atomic E-state index is 4.37. The van der Waals surface area contributed by atoms with Gasteiger partial charge < -0.3 is 0 Å². The van der Waals surface area contributed by atoms with E-state index in [0.717, 1.165) is 18.5 Å². The number of hydrogen-bond acceptors (Lipinski definition) is 2. The summed E-state index contributed by atoms with van der Waals surface area (Å²) in [6.45, 7) is 8.77. The molecule has 0 atom stereocenters. The van der Waals surface area contributed by atoms with Crippen LogP contribution in [0.25, 0.3) is 0 Å². The molecule has 4 heteroatoms. The maximum Gasteiger partial charge on any atom is 0.101 e. The smallest absolute Gasteiger partial charge is 0.101 e. The summed E-state index contributed by atoms with van der Waals surface area (Å²) in [7, 11) is 0. The Bertz CT molecular complexity index is 696. The molecule has 0 saturated heterocycles. The number of aliphatic imine (C=N–C) groups is 2. The Morgan fingerprint density at radius 3 is 1.43 bits per heavy atom. The molecule has 2 nitrogen and oxygen atoms in total. The van der Waals surface area contributed by atoms with E-state index in [1.807, 2.05) is 12.1 Å². The van der Waals surface area contributed by atoms with Crippen molar-refractivity contribution in [2.75, 3.05) is 0 Å². The molecule has 2 aromatic carbocycles. The lowest BCUT2D eigenvalue weighted by molar-refractivity contribution is 0.865. The van der Waals surface area contributed by atoms with Gasteiger partial charge in [0.15, 0.2) is 0 Å². The van der Waals surface area contributed by atoms with E-state index in [1.54, 1.807) is 0 Å². The Hall–Kier alpha value is -0.720. The highest BCUT2D eigenvalue weighted by molar-refractivity contribution is 14.1. The zero-order chi connectivity index (χ0) is 17.0. The molecule has 120 valence electrons. The van der Waals surface area contributed by atoms with E-state index < -0.39 is 0 Å². The lowest BCUT2D eigenvalue weighted by Gasteiger charge is -2.06. The van der Waals surface area contributed by atoms with Gasteiger partial charge in [0.2, 0.25) is 0 Å². The molecular weight excluding hydrogens is 510 g/mol. The van der Waals surface area contributed by atoms with Crippen LogP contribution in [-0.2, 0) is 0 Å². The number of halogens is 2. The second kappa shape index (κ2) is 8.40. The number of benzene rings is 2. The molecule has 2 aromatic rings. The summed E-state index contributed by atoms with van der Waals surface area (Å²) >= 11 is 4.63. The van der Waals surface area contributed by atoms with Crippen molar-refractivity contribution in [2.45, 2.75) is 39.5 Å². The fourth-order valence-corrected chi connectivity index (χ4v) is 3.40. The van der Waals surface area contributed by atoms with Crippen LogP contribution in [0.4, 0.5) is 11.4 Å². The summed E-state index contributed by atoms with van der Waals surface area (Å²) < 4.78 is 2.25. The number of nitrogens with zero attached hydrogens (tertiary/aromatic N) is 2. The highest BCUT2D eigenvalue weighted by Crippen LogP contribution is 2.27. The van der Waals surface area contributed by atoms with Crippen LogP contribution in [0.5, 0.6) is 0 Å². The first-order chi connectivity index (χ1) is 10.9. The summed E-state index contributed by atoms with van der Waals surface area (Å²) in [5, 5.41) is 0. The van der Waals surface area contributed by atoms with Crippen LogP contribution in [0.3, 0.4) is 0 Å². The standard InChI is InChI=1S/C19H20I2N2/c1-12(2)14-5-7-18(16(20)9-14)22-11-23-19-8-6-15(13(3)4)10-17(19)21/h5-10,12-13H,1-4H3. The van der Waals surface area contributed by atoms with E-state index >= 15 is 0 Å². The summed E-state index contributed by atoms with van der Waals surface area (Å²) in [5.41, 5.74) is 4.47. The number of hydrogen-bond donors (Lipinski definition) is 0. The first kappa shape index (κ1) is 18.6. The van der Waals surface area contributed by atoms with Gasteiger partial charge in [0.05, 0.1) is 11.4 Å². The topological polar surface area (TPSA) is 24.7 Å². The van der Waals surface area contributed by atoms with Crippen molar-refractivity contribution >= 4 is 62.6 Å². The molecule has 0 aliphatic rings. The molecule has 23 heavy (non-hydrogen) atoms. The van der Waals surface area contributed by atoms with Gasteiger partial charge in [-0.2, -0.15) is 9.98 Å². The predicted octanol–water partition coefficient (Wildman–Crippen LogP) is 7.28. The first-order valence-corrected chi connectivity index (χ1v) is 9.79. The number of rotatable bonds is 4. The van der Waals surface area contributed by atoms with E-state index in [1.165, 1.54) is 11.1 Å². The van der Waals surface area contributed by atoms with Crippen LogP contribution in [0.2, 0.25) is 0 Å². The van der Waals surface area contributed by atoms with Crippen molar-refractivity contribution in [1.29, 1.82) is 0 Å². The van der Waals surface area contributed by atoms with Gasteiger partial charge in [-0.1, -0.05) is 39.8 Å². The quantitative estimate of drug-likeness (QED) is 0.293. The Kier molecular flexibility index (Phi) is 6.80. The molecular formula is C19H20I2N2. The Balaban J connectivity index is 2.25. The van der Waals surface area contributed by atoms with Crippen LogP contribution >= 0.6 is 45.2 Å². The van der Waals surface area contributed by atoms with Gasteiger partial charge in [-0.15, -0.1) is 0 Å². The Morgan fingerprint density at radius 2 is 1.13 bits per heavy atom. The molecule has 0 amide bonds. The monoisotopic (exact) mass is 530 g/mol. The minimum atomic E-state index is 0.524. The SMILES string of the molecule is CC(C)c1ccc(N=C=Nc2ccc(C(C)C)cc2I)c(I)c1. The normalized spacial score (nSPS) is 10.8. The van der Waals surface area contributed by atoms with E-state index in [2.05, 4.69) is 113 Å². The van der Waals surface area contributed by atoms with Gasteiger partial charge in [0.25, 0.3) is 0 Å². The molecule has 0 N–H and O–H groups in total. The Labute approximate surface area is 165 Å². The van der Waals surface area contributed by atoms with E-state index in [0.29, 0.717) is 11.8 Å². The third kappa shape index (κ3) is 5.13. The second-order valence-electron chi connectivity index (χ2n) is 6.05. The third-order valence-corrected chi connectivity index (χ3v) is 5.35. The summed E-state index contributed by atoms with van der Waals surface area (Å²) in [6, 6.07) is 15.5. The van der Waals surface area contributed by atoms with E-state index in [9.17, 15) is 0 Å². The maximum atomic E-state index is 4.37. The van der Waals surface area contributed by atoms with Gasteiger partial charge in [-0.05, 0) is 92.4 Å². The van der Waals surface area contributed by atoms with Crippen molar-refractivity contribution in [1.82, 2.24) is 0 Å². The van der Waals surface area contributed by atoms with Gasteiger partial charge in [0, 0.05) is 7.14 Å². The van der Waals surface area contributed by atoms with Gasteiger partial charge >= 0.3 is 0 Å². The fourth-order valence-electron chi connectivity index (χ4n) is 2.08. The first-order valence-electron chi connectivity index (χ1n) is 7.64. The lowest BCUT2D eigenvalue weighted by Crippen LogP contribution is -1.88. The minimum Gasteiger partial charge on any atom is -0.186 e. The average Bonchev–Trinajstić information content (AvgIpc) is 2.49. The molecule has 0 radical (unpaired) electrons. The molecule has 0 aromatic heterocycles. The van der Waals surface area contributed by atoms with Crippen molar-refractivity contribution in [3.8, 4) is 0 Å². The molecule has 0 spiro atoms. The van der Waals surface area contributed by atoms with Crippen LogP contribution in [-0.4, -0.2) is 6.01 Å². The van der Waals surface area contributed by atoms with Crippen molar-refractivity contribution in [3.63, 3.8) is 0 Å². The van der Waals surface area contributed by atoms with Crippen LogP contribution in [0.15, 0.2) is 46.4 Å². The van der Waals surface area contributed by atoms with Gasteiger partial charge in [-0.25, -0.2) is 0 Å². The zero-order valence-electron chi connectivity index (χ0n) is 13.8. The summed E-state index contributed by atoms with van der Waals surface area (Å²) in [4.78, 5) is 8.75.